The molecule has 1 heterocycles. The minimum absolute atomic E-state index is 0.0614. The van der Waals surface area contributed by atoms with Crippen LogP contribution in [-0.4, -0.2) is 62.5 Å². The molecule has 0 N–H and O–H groups in total. The summed E-state index contributed by atoms with van der Waals surface area (Å²) >= 11 is 5.96. The fourth-order valence-electron chi connectivity index (χ4n) is 3.09. The number of carbonyl (C=O) groups is 2. The van der Waals surface area contributed by atoms with Gasteiger partial charge in [-0.15, -0.1) is 0 Å². The van der Waals surface area contributed by atoms with Gasteiger partial charge < -0.3 is 14.4 Å². The molecule has 2 atom stereocenters. The van der Waals surface area contributed by atoms with Crippen molar-refractivity contribution in [1.82, 2.24) is 4.90 Å². The third kappa shape index (κ3) is 5.59. The maximum Gasteiger partial charge on any atom is 0.344 e. The van der Waals surface area contributed by atoms with Gasteiger partial charge in [-0.2, -0.15) is 0 Å². The molecule has 0 saturated carbocycles. The first-order chi connectivity index (χ1) is 12.5. The van der Waals surface area contributed by atoms with Gasteiger partial charge in [0.15, 0.2) is 22.5 Å². The summed E-state index contributed by atoms with van der Waals surface area (Å²) in [5.41, 5.74) is 1.58. The second kappa shape index (κ2) is 8.48. The van der Waals surface area contributed by atoms with Gasteiger partial charge in [0.2, 0.25) is 0 Å². The molecule has 1 fully saturated rings. The summed E-state index contributed by atoms with van der Waals surface area (Å²) in [4.78, 5) is 25.8. The summed E-state index contributed by atoms with van der Waals surface area (Å²) in [6, 6.07) is 3.07. The Labute approximate surface area is 164 Å². The monoisotopic (exact) mass is 417 g/mol. The quantitative estimate of drug-likeness (QED) is 0.657. The van der Waals surface area contributed by atoms with Crippen LogP contribution in [0.2, 0.25) is 5.02 Å². The van der Waals surface area contributed by atoms with Crippen molar-refractivity contribution in [3.63, 3.8) is 0 Å². The first-order valence-corrected chi connectivity index (χ1v) is 10.8. The summed E-state index contributed by atoms with van der Waals surface area (Å²) in [6.07, 6.45) is -0.634. The predicted molar refractivity (Wildman–Crippen MR) is 102 cm³/mol. The Hall–Kier alpha value is -1.80. The van der Waals surface area contributed by atoms with Crippen LogP contribution in [0.5, 0.6) is 5.75 Å². The summed E-state index contributed by atoms with van der Waals surface area (Å²) in [5, 5.41) is 0.580. The van der Waals surface area contributed by atoms with E-state index in [2.05, 4.69) is 0 Å². The number of hydrogen-bond donors (Lipinski definition) is 0. The van der Waals surface area contributed by atoms with Crippen LogP contribution in [0, 0.1) is 13.8 Å². The summed E-state index contributed by atoms with van der Waals surface area (Å²) in [6.45, 7) is 4.74. The largest absolute Gasteiger partial charge is 0.481 e. The fourth-order valence-corrected chi connectivity index (χ4v) is 5.19. The fraction of sp³-hybridized carbons (Fsp3) is 0.556. The molecule has 1 aromatic carbocycles. The Morgan fingerprint density at radius 2 is 1.89 bits per heavy atom. The van der Waals surface area contributed by atoms with Crippen molar-refractivity contribution in [2.24, 2.45) is 0 Å². The lowest BCUT2D eigenvalue weighted by Crippen LogP contribution is -2.44. The lowest BCUT2D eigenvalue weighted by atomic mass is 10.1. The first-order valence-electron chi connectivity index (χ1n) is 8.56. The van der Waals surface area contributed by atoms with Gasteiger partial charge in [-0.05, 0) is 50.5 Å². The van der Waals surface area contributed by atoms with Gasteiger partial charge in [-0.25, -0.2) is 13.2 Å². The zero-order valence-corrected chi connectivity index (χ0v) is 17.4. The van der Waals surface area contributed by atoms with E-state index in [1.54, 1.807) is 12.1 Å². The van der Waals surface area contributed by atoms with E-state index in [0.29, 0.717) is 17.2 Å². The van der Waals surface area contributed by atoms with Crippen LogP contribution in [0.4, 0.5) is 0 Å². The van der Waals surface area contributed by atoms with E-state index in [0.717, 1.165) is 11.1 Å². The number of rotatable bonds is 6. The van der Waals surface area contributed by atoms with E-state index in [1.807, 2.05) is 13.8 Å². The van der Waals surface area contributed by atoms with Gasteiger partial charge >= 0.3 is 5.97 Å². The Balaban J connectivity index is 1.89. The molecule has 0 unspecified atom stereocenters. The molecule has 27 heavy (non-hydrogen) atoms. The summed E-state index contributed by atoms with van der Waals surface area (Å²) in [5.74, 6) is -0.574. The van der Waals surface area contributed by atoms with E-state index < -0.39 is 27.8 Å². The van der Waals surface area contributed by atoms with E-state index in [9.17, 15) is 18.0 Å². The zero-order chi connectivity index (χ0) is 20.4. The Morgan fingerprint density at radius 1 is 1.30 bits per heavy atom. The zero-order valence-electron chi connectivity index (χ0n) is 15.8. The van der Waals surface area contributed by atoms with Gasteiger partial charge in [-0.1, -0.05) is 11.6 Å². The van der Waals surface area contributed by atoms with Crippen LogP contribution < -0.4 is 4.74 Å². The van der Waals surface area contributed by atoms with E-state index in [4.69, 9.17) is 21.1 Å². The van der Waals surface area contributed by atoms with E-state index in [1.165, 1.54) is 18.9 Å². The number of ether oxygens (including phenoxy) is 2. The van der Waals surface area contributed by atoms with Gasteiger partial charge in [0.25, 0.3) is 5.91 Å². The lowest BCUT2D eigenvalue weighted by Gasteiger charge is -2.26. The van der Waals surface area contributed by atoms with Crippen molar-refractivity contribution in [2.75, 3.05) is 25.2 Å². The van der Waals surface area contributed by atoms with Crippen LogP contribution in [-0.2, 0) is 24.2 Å². The molecule has 1 saturated heterocycles. The van der Waals surface area contributed by atoms with E-state index >= 15 is 0 Å². The van der Waals surface area contributed by atoms with Crippen molar-refractivity contribution >= 4 is 33.3 Å². The Morgan fingerprint density at radius 3 is 2.41 bits per heavy atom. The molecular weight excluding hydrogens is 394 g/mol. The third-order valence-corrected chi connectivity index (χ3v) is 6.49. The molecule has 1 aliphatic heterocycles. The molecule has 0 aromatic heterocycles. The van der Waals surface area contributed by atoms with E-state index in [-0.39, 0.29) is 24.2 Å². The van der Waals surface area contributed by atoms with Crippen LogP contribution in [0.1, 0.15) is 24.5 Å². The molecule has 7 nitrogen and oxygen atoms in total. The molecule has 0 aliphatic carbocycles. The maximum atomic E-state index is 12.4. The number of likely N-dealkylation sites (N-methyl/N-ethyl adjacent to an activating group) is 1. The lowest BCUT2D eigenvalue weighted by molar-refractivity contribution is -0.160. The molecule has 9 heteroatoms. The maximum absolute atomic E-state index is 12.4. The number of nitrogens with zero attached hydrogens (tertiary/aromatic N) is 1. The van der Waals surface area contributed by atoms with Crippen LogP contribution in [0.3, 0.4) is 0 Å². The standard InChI is InChI=1S/C18H24ClNO6S/c1-11-7-14(19)8-12(2)17(11)25-9-16(21)26-13(3)18(22)20(4)15-5-6-27(23,24)10-15/h7-8,13,15H,5-6,9-10H2,1-4H3/t13-,15+/m0/s1. The summed E-state index contributed by atoms with van der Waals surface area (Å²) in [7, 11) is -1.58. The van der Waals surface area contributed by atoms with Crippen molar-refractivity contribution in [2.45, 2.75) is 39.3 Å². The number of aryl methyl sites for hydroxylation is 2. The molecule has 0 spiro atoms. The highest BCUT2D eigenvalue weighted by atomic mass is 35.5. The average Bonchev–Trinajstić information content (AvgIpc) is 2.92. The van der Waals surface area contributed by atoms with Gasteiger partial charge in [0.1, 0.15) is 5.75 Å². The molecule has 1 aromatic rings. The van der Waals surface area contributed by atoms with Gasteiger partial charge in [-0.3, -0.25) is 4.79 Å². The highest BCUT2D eigenvalue weighted by molar-refractivity contribution is 7.91. The Bertz CT molecular complexity index is 815. The Kier molecular flexibility index (Phi) is 6.75. The number of esters is 1. The van der Waals surface area contributed by atoms with Crippen molar-refractivity contribution in [3.05, 3.63) is 28.3 Å². The number of amides is 1. The number of sulfone groups is 1. The summed E-state index contributed by atoms with van der Waals surface area (Å²) < 4.78 is 33.8. The molecule has 2 rings (SSSR count). The highest BCUT2D eigenvalue weighted by Crippen LogP contribution is 2.27. The van der Waals surface area contributed by atoms with Crippen molar-refractivity contribution in [1.29, 1.82) is 0 Å². The first kappa shape index (κ1) is 21.5. The molecule has 1 amide bonds. The topological polar surface area (TPSA) is 90.0 Å². The molecule has 0 bridgehead atoms. The molecule has 0 radical (unpaired) electrons. The van der Waals surface area contributed by atoms with Gasteiger partial charge in [0, 0.05) is 18.1 Å². The number of benzene rings is 1. The highest BCUT2D eigenvalue weighted by Gasteiger charge is 2.34. The smallest absolute Gasteiger partial charge is 0.344 e. The second-order valence-corrected chi connectivity index (χ2v) is 9.46. The molecule has 1 aliphatic rings. The third-order valence-electron chi connectivity index (χ3n) is 4.52. The van der Waals surface area contributed by atoms with Crippen molar-refractivity contribution < 1.29 is 27.5 Å². The van der Waals surface area contributed by atoms with Crippen LogP contribution in [0.15, 0.2) is 12.1 Å². The number of hydrogen-bond acceptors (Lipinski definition) is 6. The number of halogens is 1. The van der Waals surface area contributed by atoms with Gasteiger partial charge in [0.05, 0.1) is 11.5 Å². The van der Waals surface area contributed by atoms with Crippen LogP contribution in [0.25, 0.3) is 0 Å². The van der Waals surface area contributed by atoms with Crippen molar-refractivity contribution in [3.8, 4) is 5.75 Å². The van der Waals surface area contributed by atoms with Crippen LogP contribution >= 0.6 is 11.6 Å². The minimum Gasteiger partial charge on any atom is -0.481 e. The molecule has 150 valence electrons. The number of carbonyl (C=O) groups excluding carboxylic acids is 2. The SMILES string of the molecule is Cc1cc(Cl)cc(C)c1OCC(=O)O[C@@H](C)C(=O)N(C)[C@@H]1CCS(=O)(=O)C1. The normalized spacial score (nSPS) is 19.4. The average molecular weight is 418 g/mol. The second-order valence-electron chi connectivity index (χ2n) is 6.80. The predicted octanol–water partition coefficient (Wildman–Crippen LogP) is 1.91. The molecular formula is C18H24ClNO6S. The minimum atomic E-state index is -3.10.